The zero-order valence-corrected chi connectivity index (χ0v) is 10.0. The van der Waals surface area contributed by atoms with Crippen molar-refractivity contribution in [2.75, 3.05) is 13.2 Å². The molecule has 0 atom stereocenters. The monoisotopic (exact) mass is 231 g/mol. The first-order chi connectivity index (χ1) is 8.27. The summed E-state index contributed by atoms with van der Waals surface area (Å²) >= 11 is 0. The highest BCUT2D eigenvalue weighted by Gasteiger charge is 2.11. The average molecular weight is 231 g/mol. The van der Waals surface area contributed by atoms with Gasteiger partial charge in [-0.1, -0.05) is 12.7 Å². The minimum absolute atomic E-state index is 0.484. The van der Waals surface area contributed by atoms with Crippen LogP contribution >= 0.6 is 0 Å². The predicted octanol–water partition coefficient (Wildman–Crippen LogP) is 1.71. The Kier molecular flexibility index (Phi) is 3.44. The van der Waals surface area contributed by atoms with Gasteiger partial charge >= 0.3 is 0 Å². The maximum absolute atomic E-state index is 5.61. The zero-order valence-electron chi connectivity index (χ0n) is 10.0. The maximum Gasteiger partial charge on any atom is 0.180 e. The standard InChI is InChI=1S/C13H17N3O/c1-3-9-17-12-5-4-8-16-11(6-7-14)10(2)15-13(12)16/h3-5,8H,1,6-7,9,14H2,2H3. The number of hydrogen-bond donors (Lipinski definition) is 1. The van der Waals surface area contributed by atoms with Crippen molar-refractivity contribution >= 4 is 5.65 Å². The van der Waals surface area contributed by atoms with Crippen molar-refractivity contribution < 1.29 is 4.74 Å². The molecule has 4 nitrogen and oxygen atoms in total. The van der Waals surface area contributed by atoms with Gasteiger partial charge in [0, 0.05) is 18.3 Å². The molecule has 0 fully saturated rings. The number of pyridine rings is 1. The summed E-state index contributed by atoms with van der Waals surface area (Å²) in [6.45, 7) is 6.74. The molecular weight excluding hydrogens is 214 g/mol. The second-order valence-electron chi connectivity index (χ2n) is 3.85. The molecule has 0 unspecified atom stereocenters. The van der Waals surface area contributed by atoms with Crippen molar-refractivity contribution in [2.45, 2.75) is 13.3 Å². The quantitative estimate of drug-likeness (QED) is 0.797. The topological polar surface area (TPSA) is 52.5 Å². The lowest BCUT2D eigenvalue weighted by molar-refractivity contribution is 0.365. The van der Waals surface area contributed by atoms with E-state index in [0.717, 1.165) is 29.2 Å². The molecule has 0 saturated heterocycles. The number of aromatic nitrogens is 2. The van der Waals surface area contributed by atoms with Crippen molar-refractivity contribution in [1.29, 1.82) is 0 Å². The van der Waals surface area contributed by atoms with Crippen molar-refractivity contribution in [3.8, 4) is 5.75 Å². The molecule has 17 heavy (non-hydrogen) atoms. The molecule has 2 heterocycles. The third kappa shape index (κ3) is 2.17. The lowest BCUT2D eigenvalue weighted by Gasteiger charge is -2.05. The van der Waals surface area contributed by atoms with E-state index in [1.165, 1.54) is 0 Å². The summed E-state index contributed by atoms with van der Waals surface area (Å²) in [6.07, 6.45) is 4.53. The van der Waals surface area contributed by atoms with Gasteiger partial charge in [-0.05, 0) is 25.6 Å². The van der Waals surface area contributed by atoms with E-state index in [2.05, 4.69) is 11.6 Å². The molecule has 4 heteroatoms. The Hall–Kier alpha value is -1.81. The fraction of sp³-hybridized carbons (Fsp3) is 0.308. The summed E-state index contributed by atoms with van der Waals surface area (Å²) in [5.41, 5.74) is 8.60. The molecule has 2 aromatic heterocycles. The van der Waals surface area contributed by atoms with Crippen LogP contribution in [0, 0.1) is 6.92 Å². The third-order valence-electron chi connectivity index (χ3n) is 2.65. The summed E-state index contributed by atoms with van der Waals surface area (Å²) in [5, 5.41) is 0. The highest BCUT2D eigenvalue weighted by Crippen LogP contribution is 2.22. The first-order valence-electron chi connectivity index (χ1n) is 5.68. The minimum Gasteiger partial charge on any atom is -0.486 e. The van der Waals surface area contributed by atoms with Crippen LogP contribution in [0.3, 0.4) is 0 Å². The van der Waals surface area contributed by atoms with Crippen LogP contribution in [0.25, 0.3) is 5.65 Å². The van der Waals surface area contributed by atoms with Crippen molar-refractivity contribution in [3.05, 3.63) is 42.4 Å². The molecule has 0 aliphatic heterocycles. The molecule has 0 bridgehead atoms. The predicted molar refractivity (Wildman–Crippen MR) is 68.4 cm³/mol. The van der Waals surface area contributed by atoms with Gasteiger partial charge in [-0.3, -0.25) is 0 Å². The molecule has 0 amide bonds. The SMILES string of the molecule is C=CCOc1cccn2c(CCN)c(C)nc12. The second kappa shape index (κ2) is 5.01. The summed E-state index contributed by atoms with van der Waals surface area (Å²) in [7, 11) is 0. The van der Waals surface area contributed by atoms with E-state index < -0.39 is 0 Å². The normalized spacial score (nSPS) is 10.7. The molecule has 0 spiro atoms. The van der Waals surface area contributed by atoms with Gasteiger partial charge < -0.3 is 14.9 Å². The Morgan fingerprint density at radius 3 is 3.12 bits per heavy atom. The van der Waals surface area contributed by atoms with Gasteiger partial charge in [0.25, 0.3) is 0 Å². The van der Waals surface area contributed by atoms with Crippen LogP contribution in [-0.2, 0) is 6.42 Å². The van der Waals surface area contributed by atoms with E-state index in [1.807, 2.05) is 29.7 Å². The summed E-state index contributed by atoms with van der Waals surface area (Å²) in [5.74, 6) is 0.777. The summed E-state index contributed by atoms with van der Waals surface area (Å²) < 4.78 is 7.62. The number of hydrogen-bond acceptors (Lipinski definition) is 3. The fourth-order valence-electron chi connectivity index (χ4n) is 1.90. The van der Waals surface area contributed by atoms with Crippen molar-refractivity contribution in [3.63, 3.8) is 0 Å². The molecule has 0 aliphatic rings. The van der Waals surface area contributed by atoms with Crippen molar-refractivity contribution in [2.24, 2.45) is 5.73 Å². The second-order valence-corrected chi connectivity index (χ2v) is 3.85. The van der Waals surface area contributed by atoms with E-state index in [0.29, 0.717) is 13.2 Å². The molecule has 2 aromatic rings. The zero-order chi connectivity index (χ0) is 12.3. The van der Waals surface area contributed by atoms with Gasteiger partial charge in [-0.25, -0.2) is 4.98 Å². The van der Waals surface area contributed by atoms with Gasteiger partial charge in [-0.15, -0.1) is 0 Å². The van der Waals surface area contributed by atoms with Crippen LogP contribution < -0.4 is 10.5 Å². The number of ether oxygens (including phenoxy) is 1. The Morgan fingerprint density at radius 1 is 1.59 bits per heavy atom. The number of imidazole rings is 1. The van der Waals surface area contributed by atoms with E-state index in [1.54, 1.807) is 6.08 Å². The summed E-state index contributed by atoms with van der Waals surface area (Å²) in [6, 6.07) is 3.87. The number of aryl methyl sites for hydroxylation is 1. The van der Waals surface area contributed by atoms with Gasteiger partial charge in [0.05, 0.1) is 5.69 Å². The van der Waals surface area contributed by atoms with Gasteiger partial charge in [0.15, 0.2) is 11.4 Å². The molecule has 0 radical (unpaired) electrons. The largest absolute Gasteiger partial charge is 0.486 e. The Balaban J connectivity index is 2.50. The van der Waals surface area contributed by atoms with Crippen LogP contribution in [-0.4, -0.2) is 22.5 Å². The maximum atomic E-state index is 5.61. The fourth-order valence-corrected chi connectivity index (χ4v) is 1.90. The van der Waals surface area contributed by atoms with E-state index in [-0.39, 0.29) is 0 Å². The third-order valence-corrected chi connectivity index (χ3v) is 2.65. The number of rotatable bonds is 5. The molecule has 90 valence electrons. The van der Waals surface area contributed by atoms with Crippen LogP contribution in [0.2, 0.25) is 0 Å². The lowest BCUT2D eigenvalue weighted by atomic mass is 10.2. The van der Waals surface area contributed by atoms with Gasteiger partial charge in [0.1, 0.15) is 6.61 Å². The van der Waals surface area contributed by atoms with E-state index in [4.69, 9.17) is 10.5 Å². The van der Waals surface area contributed by atoms with E-state index >= 15 is 0 Å². The Labute approximate surface area is 101 Å². The first kappa shape index (κ1) is 11.7. The first-order valence-corrected chi connectivity index (χ1v) is 5.68. The van der Waals surface area contributed by atoms with Crippen LogP contribution in [0.15, 0.2) is 31.0 Å². The highest BCUT2D eigenvalue weighted by atomic mass is 16.5. The number of nitrogens with two attached hydrogens (primary N) is 1. The lowest BCUT2D eigenvalue weighted by Crippen LogP contribution is -2.06. The minimum atomic E-state index is 0.484. The molecule has 2 rings (SSSR count). The smallest absolute Gasteiger partial charge is 0.180 e. The van der Waals surface area contributed by atoms with Crippen molar-refractivity contribution in [1.82, 2.24) is 9.38 Å². The van der Waals surface area contributed by atoms with Crippen LogP contribution in [0.5, 0.6) is 5.75 Å². The molecule has 2 N–H and O–H groups in total. The molecule has 0 aliphatic carbocycles. The van der Waals surface area contributed by atoms with Crippen LogP contribution in [0.4, 0.5) is 0 Å². The van der Waals surface area contributed by atoms with Gasteiger partial charge in [0.2, 0.25) is 0 Å². The molecule has 0 saturated carbocycles. The molecular formula is C13H17N3O. The Morgan fingerprint density at radius 2 is 2.41 bits per heavy atom. The number of nitrogens with zero attached hydrogens (tertiary/aromatic N) is 2. The van der Waals surface area contributed by atoms with Gasteiger partial charge in [-0.2, -0.15) is 0 Å². The van der Waals surface area contributed by atoms with E-state index in [9.17, 15) is 0 Å². The number of fused-ring (bicyclic) bond motifs is 1. The Bertz CT molecular complexity index is 531. The highest BCUT2D eigenvalue weighted by molar-refractivity contribution is 5.56. The average Bonchev–Trinajstić information content (AvgIpc) is 2.65. The summed E-state index contributed by atoms with van der Waals surface area (Å²) in [4.78, 5) is 4.53. The molecule has 0 aromatic carbocycles. The van der Waals surface area contributed by atoms with Crippen LogP contribution in [0.1, 0.15) is 11.4 Å².